The van der Waals surface area contributed by atoms with Crippen LogP contribution < -0.4 is 4.90 Å². The lowest BCUT2D eigenvalue weighted by Crippen LogP contribution is -2.44. The Morgan fingerprint density at radius 2 is 1.92 bits per heavy atom. The van der Waals surface area contributed by atoms with Crippen LogP contribution in [0.25, 0.3) is 0 Å². The zero-order valence-corrected chi connectivity index (χ0v) is 15.3. The largest absolute Gasteiger partial charge is 0.333 e. The molecule has 1 aromatic heterocycles. The van der Waals surface area contributed by atoms with Crippen LogP contribution in [0.4, 0.5) is 10.5 Å². The van der Waals surface area contributed by atoms with E-state index in [0.717, 1.165) is 30.8 Å². The van der Waals surface area contributed by atoms with Gasteiger partial charge in [0.25, 0.3) is 5.91 Å². The van der Waals surface area contributed by atoms with Gasteiger partial charge in [-0.1, -0.05) is 17.7 Å². The van der Waals surface area contributed by atoms with Crippen molar-refractivity contribution in [3.63, 3.8) is 0 Å². The Kier molecular flexibility index (Phi) is 4.09. The third kappa shape index (κ3) is 2.85. The first-order valence-electron chi connectivity index (χ1n) is 8.53. The Hall–Kier alpha value is -2.18. The van der Waals surface area contributed by atoms with Gasteiger partial charge in [-0.2, -0.15) is 0 Å². The van der Waals surface area contributed by atoms with Gasteiger partial charge in [-0.15, -0.1) is 11.3 Å². The van der Waals surface area contributed by atoms with Crippen molar-refractivity contribution in [1.82, 2.24) is 9.80 Å². The maximum absolute atomic E-state index is 12.9. The second-order valence-electron chi connectivity index (χ2n) is 6.74. The molecule has 1 atom stereocenters. The van der Waals surface area contributed by atoms with Crippen molar-refractivity contribution in [2.24, 2.45) is 0 Å². The van der Waals surface area contributed by atoms with E-state index in [1.54, 1.807) is 23.2 Å². The number of carbonyl (C=O) groups is 2. The van der Waals surface area contributed by atoms with Crippen molar-refractivity contribution in [3.05, 3.63) is 51.7 Å². The van der Waals surface area contributed by atoms with Crippen LogP contribution in [0.15, 0.2) is 35.7 Å². The number of carbonyl (C=O) groups excluding carboxylic acids is 2. The van der Waals surface area contributed by atoms with Gasteiger partial charge in [0.15, 0.2) is 0 Å². The second kappa shape index (κ2) is 6.28. The van der Waals surface area contributed by atoms with Gasteiger partial charge in [0.05, 0.1) is 6.67 Å². The standard InChI is InChI=1S/C19H21N3O2S/c1-13-3-5-16(6-4-13)22-14(2)18(23)21(19(22)24)12-20-9-7-17-15(11-20)8-10-25-17/h3-6,8,10,14H,7,9,11-12H2,1-2H3. The second-order valence-corrected chi connectivity index (χ2v) is 7.74. The molecule has 1 fully saturated rings. The van der Waals surface area contributed by atoms with Crippen molar-refractivity contribution in [3.8, 4) is 0 Å². The number of fused-ring (bicyclic) bond motifs is 1. The van der Waals surface area contributed by atoms with Crippen molar-refractivity contribution in [1.29, 1.82) is 0 Å². The Balaban J connectivity index is 1.52. The number of nitrogens with zero attached hydrogens (tertiary/aromatic N) is 3. The van der Waals surface area contributed by atoms with Crippen LogP contribution in [0.1, 0.15) is 22.9 Å². The number of anilines is 1. The molecule has 3 heterocycles. The summed E-state index contributed by atoms with van der Waals surface area (Å²) in [6.07, 6.45) is 0.987. The fourth-order valence-corrected chi connectivity index (χ4v) is 4.41. The third-order valence-electron chi connectivity index (χ3n) is 4.99. The average molecular weight is 355 g/mol. The monoisotopic (exact) mass is 355 g/mol. The van der Waals surface area contributed by atoms with Gasteiger partial charge >= 0.3 is 6.03 Å². The van der Waals surface area contributed by atoms with Crippen LogP contribution >= 0.6 is 11.3 Å². The minimum Gasteiger partial charge on any atom is -0.282 e. The highest BCUT2D eigenvalue weighted by molar-refractivity contribution is 7.10. The van der Waals surface area contributed by atoms with Crippen molar-refractivity contribution >= 4 is 29.0 Å². The molecule has 4 rings (SSSR count). The highest BCUT2D eigenvalue weighted by Crippen LogP contribution is 2.28. The lowest BCUT2D eigenvalue weighted by Gasteiger charge is -2.29. The highest BCUT2D eigenvalue weighted by atomic mass is 32.1. The minimum absolute atomic E-state index is 0.123. The third-order valence-corrected chi connectivity index (χ3v) is 6.01. The number of imide groups is 1. The fourth-order valence-electron chi connectivity index (χ4n) is 3.52. The first-order valence-corrected chi connectivity index (χ1v) is 9.41. The Labute approximate surface area is 151 Å². The summed E-state index contributed by atoms with van der Waals surface area (Å²) in [6.45, 7) is 5.84. The van der Waals surface area contributed by atoms with E-state index in [9.17, 15) is 9.59 Å². The number of urea groups is 1. The first-order chi connectivity index (χ1) is 12.0. The summed E-state index contributed by atoms with van der Waals surface area (Å²) < 4.78 is 0. The topological polar surface area (TPSA) is 43.9 Å². The molecule has 0 saturated carbocycles. The van der Waals surface area contributed by atoms with E-state index in [0.29, 0.717) is 6.67 Å². The van der Waals surface area contributed by atoms with Crippen molar-refractivity contribution < 1.29 is 9.59 Å². The van der Waals surface area contributed by atoms with E-state index in [-0.39, 0.29) is 11.9 Å². The maximum atomic E-state index is 12.9. The molecule has 1 aromatic carbocycles. The molecule has 0 aliphatic carbocycles. The SMILES string of the molecule is Cc1ccc(N2C(=O)N(CN3CCc4sccc4C3)C(=O)C2C)cc1. The van der Waals surface area contributed by atoms with Crippen LogP contribution in [-0.2, 0) is 17.8 Å². The molecule has 0 spiro atoms. The molecule has 0 bridgehead atoms. The molecule has 6 heteroatoms. The molecule has 0 N–H and O–H groups in total. The first kappa shape index (κ1) is 16.3. The molecule has 25 heavy (non-hydrogen) atoms. The predicted molar refractivity (Wildman–Crippen MR) is 98.7 cm³/mol. The maximum Gasteiger partial charge on any atom is 0.333 e. The molecule has 5 nitrogen and oxygen atoms in total. The van der Waals surface area contributed by atoms with Gasteiger partial charge in [-0.05, 0) is 49.4 Å². The van der Waals surface area contributed by atoms with E-state index in [1.165, 1.54) is 15.3 Å². The molecule has 3 amide bonds. The lowest BCUT2D eigenvalue weighted by atomic mass is 10.1. The van der Waals surface area contributed by atoms with Crippen LogP contribution in [-0.4, -0.2) is 41.0 Å². The van der Waals surface area contributed by atoms with Gasteiger partial charge in [-0.25, -0.2) is 9.69 Å². The van der Waals surface area contributed by atoms with E-state index >= 15 is 0 Å². The summed E-state index contributed by atoms with van der Waals surface area (Å²) in [5.74, 6) is -0.123. The molecule has 1 unspecified atom stereocenters. The normalized spacial score (nSPS) is 21.1. The molecule has 2 aliphatic heterocycles. The Morgan fingerprint density at radius 1 is 1.16 bits per heavy atom. The fraction of sp³-hybridized carbons (Fsp3) is 0.368. The molecule has 0 radical (unpaired) electrons. The van der Waals surface area contributed by atoms with Gasteiger partial charge < -0.3 is 0 Å². The smallest absolute Gasteiger partial charge is 0.282 e. The molecule has 130 valence electrons. The van der Waals surface area contributed by atoms with Crippen LogP contribution in [0.2, 0.25) is 0 Å². The number of hydrogen-bond acceptors (Lipinski definition) is 4. The predicted octanol–water partition coefficient (Wildman–Crippen LogP) is 3.23. The zero-order chi connectivity index (χ0) is 17.6. The molecular weight excluding hydrogens is 334 g/mol. The Morgan fingerprint density at radius 3 is 2.68 bits per heavy atom. The Bertz CT molecular complexity index is 814. The van der Waals surface area contributed by atoms with Crippen LogP contribution in [0.5, 0.6) is 0 Å². The summed E-state index contributed by atoms with van der Waals surface area (Å²) in [5, 5.41) is 2.11. The van der Waals surface area contributed by atoms with Crippen molar-refractivity contribution in [2.45, 2.75) is 32.9 Å². The quantitative estimate of drug-likeness (QED) is 0.794. The number of benzene rings is 1. The number of hydrogen-bond donors (Lipinski definition) is 0. The molecule has 2 aromatic rings. The number of thiophene rings is 1. The number of amides is 3. The minimum atomic E-state index is -0.461. The average Bonchev–Trinajstić information content (AvgIpc) is 3.15. The molecule has 2 aliphatic rings. The lowest BCUT2D eigenvalue weighted by molar-refractivity contribution is -0.128. The van der Waals surface area contributed by atoms with E-state index in [4.69, 9.17) is 0 Å². The summed E-state index contributed by atoms with van der Waals surface area (Å²) >= 11 is 1.79. The van der Waals surface area contributed by atoms with E-state index < -0.39 is 6.04 Å². The van der Waals surface area contributed by atoms with E-state index in [2.05, 4.69) is 16.3 Å². The van der Waals surface area contributed by atoms with Crippen LogP contribution in [0, 0.1) is 6.92 Å². The summed E-state index contributed by atoms with van der Waals surface area (Å²) in [4.78, 5) is 32.1. The molecule has 1 saturated heterocycles. The summed E-state index contributed by atoms with van der Waals surface area (Å²) in [6, 6.07) is 9.18. The van der Waals surface area contributed by atoms with Gasteiger partial charge in [0.2, 0.25) is 0 Å². The summed E-state index contributed by atoms with van der Waals surface area (Å²) in [7, 11) is 0. The molecular formula is C19H21N3O2S. The van der Waals surface area contributed by atoms with E-state index in [1.807, 2.05) is 31.2 Å². The number of aryl methyl sites for hydroxylation is 1. The summed E-state index contributed by atoms with van der Waals surface area (Å²) in [5.41, 5.74) is 3.22. The van der Waals surface area contributed by atoms with Gasteiger partial charge in [-0.3, -0.25) is 14.6 Å². The van der Waals surface area contributed by atoms with Gasteiger partial charge in [0, 0.05) is 23.7 Å². The van der Waals surface area contributed by atoms with Crippen LogP contribution in [0.3, 0.4) is 0 Å². The van der Waals surface area contributed by atoms with Gasteiger partial charge in [0.1, 0.15) is 6.04 Å². The van der Waals surface area contributed by atoms with Crippen molar-refractivity contribution in [2.75, 3.05) is 18.1 Å². The highest BCUT2D eigenvalue weighted by Gasteiger charge is 2.44. The number of rotatable bonds is 3. The zero-order valence-electron chi connectivity index (χ0n) is 14.4.